The molecule has 0 saturated heterocycles. The minimum atomic E-state index is 0.582. The van der Waals surface area contributed by atoms with E-state index < -0.39 is 0 Å². The number of hydrogen-bond acceptors (Lipinski definition) is 0. The van der Waals surface area contributed by atoms with Crippen LogP contribution in [0, 0.1) is 0 Å². The molecule has 0 spiro atoms. The summed E-state index contributed by atoms with van der Waals surface area (Å²) in [6.07, 6.45) is 0. The Bertz CT molecular complexity index is 2040. The van der Waals surface area contributed by atoms with Gasteiger partial charge in [0.1, 0.15) is 47.2 Å². The number of para-hydroxylation sites is 4. The standard InChI is InChI=1S/C50H42N2/c1-7-19-41(20-8-1)39-51(45-23-11-3-12-24-45,46-25-13-4-14-26-46)49-35-31-43(32-36-49)44-33-37-50(38-34-44)52(47-27-15-5-16-28-47,48-29-17-6-18-30-48)40-42-21-9-2-10-22-42/h1-38H,39-40H2/q+2. The predicted octanol–water partition coefficient (Wildman–Crippen LogP) is 13.7. The van der Waals surface area contributed by atoms with Crippen molar-refractivity contribution in [3.63, 3.8) is 0 Å². The van der Waals surface area contributed by atoms with Gasteiger partial charge in [0.05, 0.1) is 0 Å². The summed E-state index contributed by atoms with van der Waals surface area (Å²) in [5.41, 5.74) is 12.3. The molecule has 250 valence electrons. The Morgan fingerprint density at radius 3 is 0.673 bits per heavy atom. The molecule has 0 N–H and O–H groups in total. The monoisotopic (exact) mass is 670 g/mol. The second kappa shape index (κ2) is 14.9. The molecule has 0 bridgehead atoms. The van der Waals surface area contributed by atoms with Crippen LogP contribution in [0.2, 0.25) is 0 Å². The fourth-order valence-corrected chi connectivity index (χ4v) is 7.70. The molecule has 0 fully saturated rings. The van der Waals surface area contributed by atoms with Gasteiger partial charge in [-0.25, -0.2) is 8.97 Å². The first-order valence-electron chi connectivity index (χ1n) is 18.0. The smallest absolute Gasteiger partial charge is 0.143 e. The van der Waals surface area contributed by atoms with Gasteiger partial charge in [0.15, 0.2) is 0 Å². The molecule has 0 amide bonds. The third-order valence-corrected chi connectivity index (χ3v) is 10.3. The molecule has 2 nitrogen and oxygen atoms in total. The van der Waals surface area contributed by atoms with Crippen LogP contribution in [0.1, 0.15) is 11.1 Å². The quantitative estimate of drug-likeness (QED) is 0.120. The van der Waals surface area contributed by atoms with Crippen LogP contribution < -0.4 is 8.97 Å². The van der Waals surface area contributed by atoms with Crippen molar-refractivity contribution < 1.29 is 0 Å². The summed E-state index contributed by atoms with van der Waals surface area (Å²) in [5.74, 6) is 0. The van der Waals surface area contributed by atoms with E-state index in [4.69, 9.17) is 0 Å². The molecule has 0 atom stereocenters. The van der Waals surface area contributed by atoms with E-state index in [1.807, 2.05) is 0 Å². The first-order valence-corrected chi connectivity index (χ1v) is 18.0. The molecule has 0 radical (unpaired) electrons. The summed E-state index contributed by atoms with van der Waals surface area (Å²) in [4.78, 5) is 0. The highest BCUT2D eigenvalue weighted by Gasteiger charge is 2.38. The van der Waals surface area contributed by atoms with Crippen LogP contribution in [0.3, 0.4) is 0 Å². The maximum atomic E-state index is 2.32. The van der Waals surface area contributed by atoms with Crippen molar-refractivity contribution in [2.45, 2.75) is 13.1 Å². The fraction of sp³-hybridized carbons (Fsp3) is 0.0400. The first kappa shape index (κ1) is 32.9. The number of hydrogen-bond donors (Lipinski definition) is 0. The van der Waals surface area contributed by atoms with E-state index in [-0.39, 0.29) is 0 Å². The maximum absolute atomic E-state index is 2.32. The van der Waals surface area contributed by atoms with Gasteiger partial charge < -0.3 is 0 Å². The van der Waals surface area contributed by atoms with E-state index in [1.54, 1.807) is 0 Å². The van der Waals surface area contributed by atoms with Gasteiger partial charge in [0, 0.05) is 35.4 Å². The van der Waals surface area contributed by atoms with Crippen LogP contribution in [0.25, 0.3) is 11.1 Å². The van der Waals surface area contributed by atoms with E-state index in [2.05, 4.69) is 231 Å². The molecular weight excluding hydrogens is 629 g/mol. The Hall–Kier alpha value is -6.32. The summed E-state index contributed by atoms with van der Waals surface area (Å²) in [6.45, 7) is 1.59. The minimum absolute atomic E-state index is 0.582. The van der Waals surface area contributed by atoms with Gasteiger partial charge in [-0.05, 0) is 83.9 Å². The third-order valence-electron chi connectivity index (χ3n) is 10.3. The van der Waals surface area contributed by atoms with Crippen molar-refractivity contribution in [1.82, 2.24) is 8.97 Å². The van der Waals surface area contributed by atoms with Crippen molar-refractivity contribution >= 4 is 34.1 Å². The van der Waals surface area contributed by atoms with Gasteiger partial charge in [-0.1, -0.05) is 133 Å². The zero-order valence-electron chi connectivity index (χ0n) is 29.2. The van der Waals surface area contributed by atoms with Crippen molar-refractivity contribution in [3.05, 3.63) is 242 Å². The number of benzene rings is 8. The summed E-state index contributed by atoms with van der Waals surface area (Å²) in [6, 6.07) is 83.6. The first-order chi connectivity index (χ1) is 25.8. The van der Waals surface area contributed by atoms with Crippen LogP contribution in [-0.2, 0) is 13.1 Å². The Kier molecular flexibility index (Phi) is 9.41. The van der Waals surface area contributed by atoms with Gasteiger partial charge >= 0.3 is 0 Å². The normalized spacial score (nSPS) is 11.6. The van der Waals surface area contributed by atoms with E-state index >= 15 is 0 Å². The fourth-order valence-electron chi connectivity index (χ4n) is 7.70. The summed E-state index contributed by atoms with van der Waals surface area (Å²) in [7, 11) is 0. The SMILES string of the molecule is c1ccc(C[N+](c2ccccc2)(c2ccccc2)c2ccc(-c3ccc([N+](Cc4ccccc4)(c4ccccc4)c4ccccc4)cc3)cc2)cc1. The van der Waals surface area contributed by atoms with Gasteiger partial charge in [-0.15, -0.1) is 0 Å². The van der Waals surface area contributed by atoms with E-state index in [0.717, 1.165) is 13.1 Å². The second-order valence-electron chi connectivity index (χ2n) is 13.3. The summed E-state index contributed by atoms with van der Waals surface area (Å²) < 4.78 is 1.16. The zero-order chi connectivity index (χ0) is 35.1. The van der Waals surface area contributed by atoms with E-state index in [9.17, 15) is 0 Å². The molecule has 2 heteroatoms. The molecule has 0 heterocycles. The van der Waals surface area contributed by atoms with Gasteiger partial charge in [0.25, 0.3) is 0 Å². The highest BCUT2D eigenvalue weighted by atomic mass is 15.4. The summed E-state index contributed by atoms with van der Waals surface area (Å²) >= 11 is 0. The highest BCUT2D eigenvalue weighted by Crippen LogP contribution is 2.48. The Morgan fingerprint density at radius 1 is 0.212 bits per heavy atom. The summed E-state index contributed by atoms with van der Waals surface area (Å²) in [5, 5.41) is 0. The average Bonchev–Trinajstić information content (AvgIpc) is 3.24. The molecule has 0 saturated carbocycles. The molecule has 8 aromatic carbocycles. The molecule has 52 heavy (non-hydrogen) atoms. The highest BCUT2D eigenvalue weighted by molar-refractivity contribution is 5.77. The van der Waals surface area contributed by atoms with Crippen LogP contribution in [-0.4, -0.2) is 0 Å². The van der Waals surface area contributed by atoms with Crippen LogP contribution >= 0.6 is 0 Å². The molecule has 0 aliphatic heterocycles. The Morgan fingerprint density at radius 2 is 0.423 bits per heavy atom. The van der Waals surface area contributed by atoms with Crippen molar-refractivity contribution in [3.8, 4) is 11.1 Å². The number of quaternary nitrogens is 2. The Labute approximate surface area is 308 Å². The largest absolute Gasteiger partial charge is 0.223 e. The maximum Gasteiger partial charge on any atom is 0.143 e. The van der Waals surface area contributed by atoms with Gasteiger partial charge in [-0.3, -0.25) is 0 Å². The van der Waals surface area contributed by atoms with Crippen LogP contribution in [0.5, 0.6) is 0 Å². The lowest BCUT2D eigenvalue weighted by molar-refractivity contribution is 0.511. The second-order valence-corrected chi connectivity index (χ2v) is 13.3. The van der Waals surface area contributed by atoms with Crippen LogP contribution in [0.15, 0.2) is 231 Å². The molecule has 0 aromatic heterocycles. The van der Waals surface area contributed by atoms with Crippen LogP contribution in [0.4, 0.5) is 34.1 Å². The van der Waals surface area contributed by atoms with Crippen molar-refractivity contribution in [1.29, 1.82) is 0 Å². The van der Waals surface area contributed by atoms with E-state index in [0.29, 0.717) is 8.97 Å². The molecular formula is C50H42N2+2. The van der Waals surface area contributed by atoms with Gasteiger partial charge in [-0.2, -0.15) is 0 Å². The number of rotatable bonds is 11. The van der Waals surface area contributed by atoms with Gasteiger partial charge in [0.2, 0.25) is 0 Å². The zero-order valence-corrected chi connectivity index (χ0v) is 29.2. The molecule has 0 aliphatic rings. The molecule has 0 unspecified atom stereocenters. The van der Waals surface area contributed by atoms with Crippen molar-refractivity contribution in [2.24, 2.45) is 0 Å². The number of nitrogens with zero attached hydrogens (tertiary/aromatic N) is 2. The predicted molar refractivity (Wildman–Crippen MR) is 220 cm³/mol. The lowest BCUT2D eigenvalue weighted by Crippen LogP contribution is -2.38. The Balaban J connectivity index is 1.22. The van der Waals surface area contributed by atoms with E-state index in [1.165, 1.54) is 56.4 Å². The average molecular weight is 671 g/mol. The van der Waals surface area contributed by atoms with Crippen molar-refractivity contribution in [2.75, 3.05) is 0 Å². The topological polar surface area (TPSA) is 0 Å². The lowest BCUT2D eigenvalue weighted by Gasteiger charge is -2.38. The molecule has 0 aliphatic carbocycles. The molecule has 8 rings (SSSR count). The lowest BCUT2D eigenvalue weighted by atomic mass is 10.0. The minimum Gasteiger partial charge on any atom is -0.223 e. The third kappa shape index (κ3) is 6.38. The molecule has 8 aromatic rings.